The molecular formula is C25H24ClF3N4O2S. The predicted octanol–water partition coefficient (Wildman–Crippen LogP) is 4.07. The first-order valence-electron chi connectivity index (χ1n) is 11.2. The Hall–Kier alpha value is -2.95. The van der Waals surface area contributed by atoms with Gasteiger partial charge in [0, 0.05) is 29.6 Å². The minimum absolute atomic E-state index is 0.0379. The number of alkyl halides is 3. The van der Waals surface area contributed by atoms with Crippen molar-refractivity contribution >= 4 is 34.7 Å². The normalized spacial score (nSPS) is 14.7. The Balaban J connectivity index is 1.90. The molecule has 0 spiro atoms. The highest BCUT2D eigenvalue weighted by Crippen LogP contribution is 2.37. The SMILES string of the molecule is CC(C)C[C@@H](N)Cn1c(O)c(C(Cc2ccc(Cl)cc2C(F)(F)F)=c2ccc3c(c2)C=NN=3)sc1=O. The lowest BCUT2D eigenvalue weighted by Gasteiger charge is -2.16. The first-order valence-corrected chi connectivity index (χ1v) is 12.4. The van der Waals surface area contributed by atoms with E-state index in [2.05, 4.69) is 10.2 Å². The van der Waals surface area contributed by atoms with Crippen LogP contribution in [-0.2, 0) is 19.1 Å². The van der Waals surface area contributed by atoms with Crippen molar-refractivity contribution in [3.05, 3.63) is 83.2 Å². The standard InChI is InChI=1S/C25H24ClF3N4O2S/c1-13(2)7-18(30)12-33-23(34)22(36-24(33)35)19(14-4-6-21-16(8-14)11-31-32-21)9-15-3-5-17(26)10-20(15)25(27,28)29/h3-6,8,10-11,13,18,34H,7,9,12,30H2,1-2H3/t18-/m1/s1. The van der Waals surface area contributed by atoms with Crippen LogP contribution in [0.25, 0.3) is 5.57 Å². The number of rotatable bonds is 7. The van der Waals surface area contributed by atoms with Crippen LogP contribution in [-0.4, -0.2) is 21.9 Å². The molecule has 3 aromatic rings. The van der Waals surface area contributed by atoms with Gasteiger partial charge in [0.25, 0.3) is 0 Å². The number of aromatic nitrogens is 1. The van der Waals surface area contributed by atoms with Gasteiger partial charge in [0.05, 0.1) is 22.0 Å². The van der Waals surface area contributed by atoms with E-state index < -0.39 is 16.6 Å². The molecule has 0 aliphatic carbocycles. The summed E-state index contributed by atoms with van der Waals surface area (Å²) < 4.78 is 42.7. The molecule has 3 N–H and O–H groups in total. The maximum absolute atomic E-state index is 13.8. The zero-order valence-corrected chi connectivity index (χ0v) is 21.1. The van der Waals surface area contributed by atoms with Crippen LogP contribution in [0.3, 0.4) is 0 Å². The number of thiazole rings is 1. The summed E-state index contributed by atoms with van der Waals surface area (Å²) in [4.78, 5) is 12.6. The first kappa shape index (κ1) is 26.1. The summed E-state index contributed by atoms with van der Waals surface area (Å²) in [5.74, 6) is -0.0251. The second-order valence-electron chi connectivity index (χ2n) is 9.09. The fourth-order valence-corrected chi connectivity index (χ4v) is 5.36. The van der Waals surface area contributed by atoms with Gasteiger partial charge in [-0.2, -0.15) is 23.4 Å². The van der Waals surface area contributed by atoms with Crippen molar-refractivity contribution in [3.8, 4) is 5.88 Å². The van der Waals surface area contributed by atoms with E-state index in [9.17, 15) is 23.1 Å². The van der Waals surface area contributed by atoms with E-state index in [1.165, 1.54) is 22.9 Å². The van der Waals surface area contributed by atoms with Crippen LogP contribution < -0.4 is 21.2 Å². The fraction of sp³-hybridized carbons (Fsp3) is 0.320. The Morgan fingerprint density at radius 2 is 1.97 bits per heavy atom. The number of nitrogens with two attached hydrogens (primary N) is 1. The maximum Gasteiger partial charge on any atom is 0.416 e. The van der Waals surface area contributed by atoms with E-state index in [0.717, 1.165) is 17.4 Å². The molecule has 11 heteroatoms. The second-order valence-corrected chi connectivity index (χ2v) is 10.5. The zero-order valence-electron chi connectivity index (χ0n) is 19.5. The molecule has 2 heterocycles. The van der Waals surface area contributed by atoms with Crippen molar-refractivity contribution in [2.45, 2.75) is 45.5 Å². The third kappa shape index (κ3) is 5.55. The molecule has 0 saturated carbocycles. The number of nitrogens with zero attached hydrogens (tertiary/aromatic N) is 3. The molecular weight excluding hydrogens is 513 g/mol. The maximum atomic E-state index is 13.8. The topological polar surface area (TPSA) is 93.0 Å². The monoisotopic (exact) mass is 536 g/mol. The van der Waals surface area contributed by atoms with Crippen LogP contribution in [0.5, 0.6) is 5.88 Å². The Bertz CT molecular complexity index is 1510. The van der Waals surface area contributed by atoms with Crippen molar-refractivity contribution in [2.24, 2.45) is 21.9 Å². The third-order valence-corrected chi connectivity index (χ3v) is 7.08. The molecule has 36 heavy (non-hydrogen) atoms. The van der Waals surface area contributed by atoms with Gasteiger partial charge in [0.2, 0.25) is 5.88 Å². The van der Waals surface area contributed by atoms with Gasteiger partial charge in [0.15, 0.2) is 0 Å². The van der Waals surface area contributed by atoms with Crippen molar-refractivity contribution in [3.63, 3.8) is 0 Å². The van der Waals surface area contributed by atoms with Crippen LogP contribution in [0, 0.1) is 5.92 Å². The molecule has 1 atom stereocenters. The lowest BCUT2D eigenvalue weighted by Crippen LogP contribution is -2.31. The van der Waals surface area contributed by atoms with Crippen LogP contribution in [0.2, 0.25) is 5.02 Å². The van der Waals surface area contributed by atoms with Crippen LogP contribution in [0.15, 0.2) is 51.4 Å². The van der Waals surface area contributed by atoms with Crippen LogP contribution in [0.1, 0.15) is 41.8 Å². The first-order chi connectivity index (χ1) is 16.9. The van der Waals surface area contributed by atoms with E-state index in [0.29, 0.717) is 34.1 Å². The molecule has 6 nitrogen and oxygen atoms in total. The van der Waals surface area contributed by atoms with E-state index in [1.54, 1.807) is 18.2 Å². The molecule has 190 valence electrons. The molecule has 0 bridgehead atoms. The van der Waals surface area contributed by atoms with Gasteiger partial charge in [-0.3, -0.25) is 9.36 Å². The zero-order chi connectivity index (χ0) is 26.2. The fourth-order valence-electron chi connectivity index (χ4n) is 4.23. The smallest absolute Gasteiger partial charge is 0.416 e. The number of hydrogen-bond donors (Lipinski definition) is 2. The largest absolute Gasteiger partial charge is 0.493 e. The van der Waals surface area contributed by atoms with Gasteiger partial charge in [-0.05, 0) is 53.0 Å². The number of benzene rings is 2. The summed E-state index contributed by atoms with van der Waals surface area (Å²) in [5.41, 5.74) is 6.30. The average molecular weight is 537 g/mol. The number of aromatic hydroxyl groups is 1. The molecule has 1 aliphatic heterocycles. The van der Waals surface area contributed by atoms with Gasteiger partial charge in [-0.15, -0.1) is 0 Å². The van der Waals surface area contributed by atoms with E-state index in [-0.39, 0.29) is 40.4 Å². The highest BCUT2D eigenvalue weighted by Gasteiger charge is 2.34. The Morgan fingerprint density at radius 3 is 2.67 bits per heavy atom. The van der Waals surface area contributed by atoms with E-state index in [1.807, 2.05) is 13.8 Å². The summed E-state index contributed by atoms with van der Waals surface area (Å²) in [6.07, 6.45) is -2.66. The summed E-state index contributed by atoms with van der Waals surface area (Å²) in [6, 6.07) is 8.31. The van der Waals surface area contributed by atoms with Crippen molar-refractivity contribution < 1.29 is 18.3 Å². The summed E-state index contributed by atoms with van der Waals surface area (Å²) >= 11 is 6.64. The molecule has 0 fully saturated rings. The Labute approximate surface area is 213 Å². The minimum Gasteiger partial charge on any atom is -0.493 e. The molecule has 0 saturated heterocycles. The quantitative estimate of drug-likeness (QED) is 0.477. The molecule has 2 aromatic carbocycles. The third-order valence-electron chi connectivity index (χ3n) is 5.82. The van der Waals surface area contributed by atoms with Crippen molar-refractivity contribution in [2.75, 3.05) is 0 Å². The summed E-state index contributed by atoms with van der Waals surface area (Å²) in [7, 11) is 0. The van der Waals surface area contributed by atoms with Crippen LogP contribution >= 0.6 is 22.9 Å². The lowest BCUT2D eigenvalue weighted by molar-refractivity contribution is -0.138. The molecule has 1 aliphatic rings. The summed E-state index contributed by atoms with van der Waals surface area (Å²) in [5, 5.41) is 20.1. The molecule has 0 amide bonds. The number of halogens is 4. The van der Waals surface area contributed by atoms with Gasteiger partial charge in [-0.25, -0.2) is 0 Å². The predicted molar refractivity (Wildman–Crippen MR) is 135 cm³/mol. The van der Waals surface area contributed by atoms with Crippen molar-refractivity contribution in [1.29, 1.82) is 0 Å². The minimum atomic E-state index is -4.64. The Kier molecular flexibility index (Phi) is 7.40. The van der Waals surface area contributed by atoms with E-state index in [4.69, 9.17) is 17.3 Å². The van der Waals surface area contributed by atoms with Gasteiger partial charge in [-0.1, -0.05) is 48.9 Å². The van der Waals surface area contributed by atoms with Crippen LogP contribution in [0.4, 0.5) is 13.2 Å². The lowest BCUT2D eigenvalue weighted by atomic mass is 9.96. The number of hydrogen-bond acceptors (Lipinski definition) is 6. The molecule has 0 radical (unpaired) electrons. The molecule has 0 unspecified atom stereocenters. The number of fused-ring (bicyclic) bond motifs is 1. The molecule has 1 aromatic heterocycles. The van der Waals surface area contributed by atoms with Crippen molar-refractivity contribution in [1.82, 2.24) is 4.57 Å². The highest BCUT2D eigenvalue weighted by atomic mass is 35.5. The Morgan fingerprint density at radius 1 is 1.22 bits per heavy atom. The van der Waals surface area contributed by atoms with Gasteiger partial charge < -0.3 is 10.8 Å². The highest BCUT2D eigenvalue weighted by molar-refractivity contribution is 7.10. The van der Waals surface area contributed by atoms with Gasteiger partial charge >= 0.3 is 11.0 Å². The van der Waals surface area contributed by atoms with Gasteiger partial charge in [0.1, 0.15) is 0 Å². The molecule has 4 rings (SSSR count). The van der Waals surface area contributed by atoms with E-state index >= 15 is 0 Å². The average Bonchev–Trinajstić information content (AvgIpc) is 3.36. The summed E-state index contributed by atoms with van der Waals surface area (Å²) in [6.45, 7) is 4.10. The second kappa shape index (κ2) is 10.2.